The third kappa shape index (κ3) is 8.48. The fourth-order valence-electron chi connectivity index (χ4n) is 4.61. The zero-order chi connectivity index (χ0) is 24.1. The molecule has 1 heterocycles. The summed E-state index contributed by atoms with van der Waals surface area (Å²) in [5, 5.41) is 0. The second-order valence-corrected chi connectivity index (χ2v) is 9.22. The van der Waals surface area contributed by atoms with E-state index in [0.29, 0.717) is 31.1 Å². The predicted octanol–water partition coefficient (Wildman–Crippen LogP) is 5.40. The fourth-order valence-corrected chi connectivity index (χ4v) is 4.88. The van der Waals surface area contributed by atoms with Crippen molar-refractivity contribution < 1.29 is 14.3 Å². The van der Waals surface area contributed by atoms with Crippen LogP contribution in [0.1, 0.15) is 77.8 Å². The molecule has 1 saturated heterocycles. The molecule has 5 nitrogen and oxygen atoms in total. The standard InChI is InChI=1S/C21H33N2OP.C3H6O2.C2H6/c1-15-7-10-18(11-8-15)12-9-16(2)23(25)17(3)21(24)22-14-13-19-5-4-6-20(19)22;1-2-5-3-4;1-2/h7-8,10-11,16-17,19-20H,4-6,9,12-14,25H2,1-3H3;3H,2H2,1H3;1-2H3. The topological polar surface area (TPSA) is 49.9 Å². The van der Waals surface area contributed by atoms with Gasteiger partial charge in [0.1, 0.15) is 0 Å². The van der Waals surface area contributed by atoms with E-state index in [-0.39, 0.29) is 6.04 Å². The van der Waals surface area contributed by atoms with E-state index in [2.05, 4.69) is 68.7 Å². The number of amides is 1. The smallest absolute Gasteiger partial charge is 0.293 e. The Bertz CT molecular complexity index is 668. The van der Waals surface area contributed by atoms with Gasteiger partial charge in [-0.05, 0) is 71.3 Å². The number of likely N-dealkylation sites (tertiary alicyclic amines) is 1. The fraction of sp³-hybridized carbons (Fsp3) is 0.692. The van der Waals surface area contributed by atoms with Crippen LogP contribution in [0.3, 0.4) is 0 Å². The summed E-state index contributed by atoms with van der Waals surface area (Å²) >= 11 is 0. The van der Waals surface area contributed by atoms with Gasteiger partial charge in [0.05, 0.1) is 12.6 Å². The zero-order valence-corrected chi connectivity index (χ0v) is 22.2. The van der Waals surface area contributed by atoms with Gasteiger partial charge in [-0.2, -0.15) is 0 Å². The molecule has 0 bridgehead atoms. The van der Waals surface area contributed by atoms with Crippen molar-refractivity contribution in [1.82, 2.24) is 9.57 Å². The number of benzene rings is 1. The van der Waals surface area contributed by atoms with Crippen LogP contribution in [-0.4, -0.2) is 53.2 Å². The van der Waals surface area contributed by atoms with Gasteiger partial charge in [0.2, 0.25) is 5.91 Å². The van der Waals surface area contributed by atoms with Gasteiger partial charge >= 0.3 is 0 Å². The Kier molecular flexibility index (Phi) is 13.8. The first-order chi connectivity index (χ1) is 15.4. The lowest BCUT2D eigenvalue weighted by Crippen LogP contribution is -2.48. The molecule has 1 aliphatic carbocycles. The molecule has 0 N–H and O–H groups in total. The first-order valence-electron chi connectivity index (χ1n) is 12.3. The summed E-state index contributed by atoms with van der Waals surface area (Å²) in [5.41, 5.74) is 2.68. The van der Waals surface area contributed by atoms with Crippen LogP contribution >= 0.6 is 9.39 Å². The van der Waals surface area contributed by atoms with E-state index in [1.165, 1.54) is 36.8 Å². The summed E-state index contributed by atoms with van der Waals surface area (Å²) < 4.78 is 6.35. The van der Waals surface area contributed by atoms with Crippen molar-refractivity contribution in [1.29, 1.82) is 0 Å². The number of carbonyl (C=O) groups is 2. The van der Waals surface area contributed by atoms with E-state index in [0.717, 1.165) is 25.3 Å². The Hall–Kier alpha value is -1.45. The Morgan fingerprint density at radius 1 is 1.22 bits per heavy atom. The van der Waals surface area contributed by atoms with Crippen LogP contribution in [0.2, 0.25) is 0 Å². The van der Waals surface area contributed by atoms with Crippen LogP contribution in [0.5, 0.6) is 0 Å². The first kappa shape index (κ1) is 28.6. The molecular formula is C26H45N2O3P. The molecule has 0 radical (unpaired) electrons. The monoisotopic (exact) mass is 464 g/mol. The molecule has 32 heavy (non-hydrogen) atoms. The first-order valence-corrected chi connectivity index (χ1v) is 12.8. The lowest BCUT2D eigenvalue weighted by molar-refractivity contribution is -0.136. The third-order valence-corrected chi connectivity index (χ3v) is 7.52. The van der Waals surface area contributed by atoms with Crippen molar-refractivity contribution in [3.8, 4) is 0 Å². The number of hydrogen-bond donors (Lipinski definition) is 0. The SMILES string of the molecule is CC.CCOC=O.Cc1ccc(CCC(C)N(P)C(C)C(=O)N2CCC3CCCC32)cc1. The normalized spacial score (nSPS) is 20.9. The van der Waals surface area contributed by atoms with E-state index in [1.54, 1.807) is 6.92 Å². The number of aryl methyl sites for hydroxylation is 2. The van der Waals surface area contributed by atoms with Gasteiger partial charge < -0.3 is 9.64 Å². The quantitative estimate of drug-likeness (QED) is 0.382. The maximum Gasteiger partial charge on any atom is 0.293 e. The Labute approximate surface area is 198 Å². The summed E-state index contributed by atoms with van der Waals surface area (Å²) in [6.45, 7) is 14.1. The van der Waals surface area contributed by atoms with E-state index in [1.807, 2.05) is 13.8 Å². The van der Waals surface area contributed by atoms with Crippen molar-refractivity contribution in [2.75, 3.05) is 13.2 Å². The highest BCUT2D eigenvalue weighted by molar-refractivity contribution is 7.13. The summed E-state index contributed by atoms with van der Waals surface area (Å²) in [5.74, 6) is 1.10. The molecule has 5 unspecified atom stereocenters. The van der Waals surface area contributed by atoms with Gasteiger partial charge in [-0.1, -0.05) is 59.5 Å². The summed E-state index contributed by atoms with van der Waals surface area (Å²) in [4.78, 5) is 24.4. The maximum atomic E-state index is 13.0. The number of hydrogen-bond acceptors (Lipinski definition) is 4. The molecule has 5 atom stereocenters. The second kappa shape index (κ2) is 15.4. The van der Waals surface area contributed by atoms with Crippen molar-refractivity contribution in [2.45, 2.75) is 98.2 Å². The third-order valence-electron chi connectivity index (χ3n) is 6.56. The van der Waals surface area contributed by atoms with Crippen LogP contribution in [-0.2, 0) is 20.7 Å². The van der Waals surface area contributed by atoms with Gasteiger partial charge in [-0.3, -0.25) is 14.3 Å². The molecule has 2 fully saturated rings. The molecule has 1 aliphatic heterocycles. The molecule has 6 heteroatoms. The zero-order valence-electron chi connectivity index (χ0n) is 21.0. The van der Waals surface area contributed by atoms with Gasteiger partial charge in [-0.15, -0.1) is 0 Å². The number of rotatable bonds is 8. The minimum atomic E-state index is -0.0580. The Morgan fingerprint density at radius 3 is 2.44 bits per heavy atom. The largest absolute Gasteiger partial charge is 0.468 e. The molecule has 1 aromatic rings. The lowest BCUT2D eigenvalue weighted by atomic mass is 10.0. The average molecular weight is 465 g/mol. The van der Waals surface area contributed by atoms with Crippen LogP contribution in [0.15, 0.2) is 24.3 Å². The summed E-state index contributed by atoms with van der Waals surface area (Å²) in [7, 11) is 2.82. The number of nitrogens with zero attached hydrogens (tertiary/aromatic N) is 2. The number of fused-ring (bicyclic) bond motifs is 1. The van der Waals surface area contributed by atoms with Gasteiger partial charge in [0.25, 0.3) is 6.47 Å². The molecule has 1 saturated carbocycles. The lowest BCUT2D eigenvalue weighted by Gasteiger charge is -2.34. The van der Waals surface area contributed by atoms with Gasteiger partial charge in [-0.25, -0.2) is 0 Å². The molecule has 182 valence electrons. The maximum absolute atomic E-state index is 13.0. The average Bonchev–Trinajstić information content (AvgIpc) is 3.43. The van der Waals surface area contributed by atoms with E-state index >= 15 is 0 Å². The van der Waals surface area contributed by atoms with E-state index < -0.39 is 0 Å². The molecular weight excluding hydrogens is 419 g/mol. The Balaban J connectivity index is 0.000000646. The highest BCUT2D eigenvalue weighted by atomic mass is 31.0. The number of carbonyl (C=O) groups excluding carboxylic acids is 2. The van der Waals surface area contributed by atoms with E-state index in [4.69, 9.17) is 0 Å². The molecule has 1 amide bonds. The minimum Gasteiger partial charge on any atom is -0.468 e. The van der Waals surface area contributed by atoms with Crippen LogP contribution in [0.4, 0.5) is 0 Å². The summed E-state index contributed by atoms with van der Waals surface area (Å²) in [6.07, 6.45) is 7.16. The van der Waals surface area contributed by atoms with Gasteiger partial charge in [0.15, 0.2) is 0 Å². The predicted molar refractivity (Wildman–Crippen MR) is 136 cm³/mol. The highest BCUT2D eigenvalue weighted by Crippen LogP contribution is 2.38. The van der Waals surface area contributed by atoms with Crippen LogP contribution in [0.25, 0.3) is 0 Å². The molecule has 3 rings (SSSR count). The highest BCUT2D eigenvalue weighted by Gasteiger charge is 2.41. The van der Waals surface area contributed by atoms with E-state index in [9.17, 15) is 9.59 Å². The molecule has 0 spiro atoms. The Morgan fingerprint density at radius 2 is 1.88 bits per heavy atom. The van der Waals surface area contributed by atoms with Crippen molar-refractivity contribution in [2.24, 2.45) is 5.92 Å². The number of ether oxygens (including phenoxy) is 1. The minimum absolute atomic E-state index is 0.0580. The summed E-state index contributed by atoms with van der Waals surface area (Å²) in [6, 6.07) is 9.62. The molecule has 1 aromatic carbocycles. The van der Waals surface area contributed by atoms with Crippen molar-refractivity contribution >= 4 is 21.8 Å². The van der Waals surface area contributed by atoms with Crippen LogP contribution in [0, 0.1) is 12.8 Å². The molecule has 2 aliphatic rings. The van der Waals surface area contributed by atoms with Crippen LogP contribution < -0.4 is 0 Å². The van der Waals surface area contributed by atoms with Crippen molar-refractivity contribution in [3.05, 3.63) is 35.4 Å². The van der Waals surface area contributed by atoms with Crippen molar-refractivity contribution in [3.63, 3.8) is 0 Å². The molecule has 0 aromatic heterocycles. The van der Waals surface area contributed by atoms with Gasteiger partial charge in [0, 0.05) is 18.6 Å². The second-order valence-electron chi connectivity index (χ2n) is 8.63.